The Morgan fingerprint density at radius 2 is 2.09 bits per heavy atom. The number of rotatable bonds is 5. The van der Waals surface area contributed by atoms with Crippen molar-refractivity contribution in [2.75, 3.05) is 18.5 Å². The number of carbonyl (C=O) groups excluding carboxylic acids is 1. The van der Waals surface area contributed by atoms with E-state index in [2.05, 4.69) is 25.0 Å². The molecule has 2 N–H and O–H groups in total. The van der Waals surface area contributed by atoms with Gasteiger partial charge >= 0.3 is 12.1 Å². The highest BCUT2D eigenvalue weighted by Gasteiger charge is 2.38. The second kappa shape index (κ2) is 7.78. The fourth-order valence-corrected chi connectivity index (χ4v) is 3.25. The van der Waals surface area contributed by atoms with Crippen molar-refractivity contribution >= 4 is 23.1 Å². The lowest BCUT2D eigenvalue weighted by Gasteiger charge is -2.25. The molecule has 0 spiro atoms. The van der Waals surface area contributed by atoms with Crippen molar-refractivity contribution in [2.24, 2.45) is 0 Å². The predicted octanol–water partition coefficient (Wildman–Crippen LogP) is 3.41. The number of nitrogens with zero attached hydrogens (tertiary/aromatic N) is 4. The third-order valence-corrected chi connectivity index (χ3v) is 4.90. The zero-order chi connectivity index (χ0) is 23.2. The van der Waals surface area contributed by atoms with Crippen LogP contribution in [-0.4, -0.2) is 49.9 Å². The molecule has 10 nitrogen and oxygen atoms in total. The Balaban J connectivity index is 1.43. The number of fused-ring (bicyclic) bond motifs is 1. The monoisotopic (exact) mass is 461 g/mol. The summed E-state index contributed by atoms with van der Waals surface area (Å²) in [5.41, 5.74) is -0.781. The summed E-state index contributed by atoms with van der Waals surface area (Å²) in [5, 5.41) is 16.2. The number of phenols is 1. The molecule has 1 saturated heterocycles. The largest absolute Gasteiger partial charge is 0.507 e. The van der Waals surface area contributed by atoms with E-state index < -0.39 is 17.8 Å². The molecule has 0 atom stereocenters. The molecule has 0 amide bonds. The summed E-state index contributed by atoms with van der Waals surface area (Å²) in [6.07, 6.45) is -0.0954. The van der Waals surface area contributed by atoms with Gasteiger partial charge in [0, 0.05) is 24.1 Å². The van der Waals surface area contributed by atoms with Gasteiger partial charge in [0.15, 0.2) is 17.2 Å². The van der Waals surface area contributed by atoms with Crippen molar-refractivity contribution < 1.29 is 37.1 Å². The number of hydrogen-bond acceptors (Lipinski definition) is 9. The SMILES string of the molecule is O=C(OC1COC1)c1ccc(Nc2nccn3c(-c4conc4C(F)(F)F)cnc23)cc1O. The number of aromatic nitrogens is 4. The van der Waals surface area contributed by atoms with Crippen LogP contribution in [0.5, 0.6) is 5.75 Å². The molecule has 0 unspecified atom stereocenters. The van der Waals surface area contributed by atoms with E-state index in [1.807, 2.05) is 0 Å². The molecule has 1 aromatic carbocycles. The van der Waals surface area contributed by atoms with Crippen molar-refractivity contribution in [3.8, 4) is 17.0 Å². The Bertz CT molecular complexity index is 1350. The first-order chi connectivity index (χ1) is 15.8. The molecule has 0 bridgehead atoms. The summed E-state index contributed by atoms with van der Waals surface area (Å²) in [7, 11) is 0. The van der Waals surface area contributed by atoms with Gasteiger partial charge in [-0.1, -0.05) is 5.16 Å². The first-order valence-electron chi connectivity index (χ1n) is 9.54. The molecule has 3 aromatic heterocycles. The van der Waals surface area contributed by atoms with Crippen molar-refractivity contribution in [3.63, 3.8) is 0 Å². The molecule has 170 valence electrons. The first kappa shape index (κ1) is 20.8. The number of halogens is 3. The first-order valence-corrected chi connectivity index (χ1v) is 9.54. The van der Waals surface area contributed by atoms with E-state index in [-0.39, 0.29) is 40.1 Å². The van der Waals surface area contributed by atoms with Gasteiger partial charge in [0.1, 0.15) is 23.7 Å². The summed E-state index contributed by atoms with van der Waals surface area (Å²) >= 11 is 0. The number of aromatic hydroxyl groups is 1. The molecule has 0 radical (unpaired) electrons. The number of hydrogen-bond donors (Lipinski definition) is 2. The van der Waals surface area contributed by atoms with Gasteiger partial charge in [-0.2, -0.15) is 13.2 Å². The van der Waals surface area contributed by atoms with Crippen LogP contribution in [0.25, 0.3) is 16.9 Å². The second-order valence-corrected chi connectivity index (χ2v) is 7.11. The molecule has 1 aliphatic rings. The number of nitrogens with one attached hydrogen (secondary N) is 1. The van der Waals surface area contributed by atoms with Crippen LogP contribution in [-0.2, 0) is 15.7 Å². The number of imidazole rings is 1. The lowest BCUT2D eigenvalue weighted by molar-refractivity contribution is -0.142. The van der Waals surface area contributed by atoms with Gasteiger partial charge in [-0.3, -0.25) is 4.40 Å². The highest BCUT2D eigenvalue weighted by Crippen LogP contribution is 2.37. The third-order valence-electron chi connectivity index (χ3n) is 4.90. The predicted molar refractivity (Wildman–Crippen MR) is 105 cm³/mol. The number of ether oxygens (including phenoxy) is 2. The van der Waals surface area contributed by atoms with Crippen molar-refractivity contribution in [1.82, 2.24) is 19.5 Å². The zero-order valence-electron chi connectivity index (χ0n) is 16.5. The third kappa shape index (κ3) is 3.82. The van der Waals surface area contributed by atoms with Crippen molar-refractivity contribution in [2.45, 2.75) is 12.3 Å². The highest BCUT2D eigenvalue weighted by molar-refractivity contribution is 5.93. The van der Waals surface area contributed by atoms with Gasteiger partial charge in [0.25, 0.3) is 0 Å². The number of benzene rings is 1. The van der Waals surface area contributed by atoms with Crippen LogP contribution in [0.1, 0.15) is 16.1 Å². The molecule has 4 aromatic rings. The van der Waals surface area contributed by atoms with E-state index in [1.165, 1.54) is 41.2 Å². The molecular formula is C20H14F3N5O5. The van der Waals surface area contributed by atoms with E-state index in [1.54, 1.807) is 0 Å². The van der Waals surface area contributed by atoms with Gasteiger partial charge < -0.3 is 24.4 Å². The maximum atomic E-state index is 13.2. The number of carbonyl (C=O) groups is 1. The maximum absolute atomic E-state index is 13.2. The van der Waals surface area contributed by atoms with Crippen LogP contribution in [0.15, 0.2) is 47.6 Å². The quantitative estimate of drug-likeness (QED) is 0.430. The Hall–Kier alpha value is -4.13. The van der Waals surface area contributed by atoms with Crippen LogP contribution < -0.4 is 5.32 Å². The standard InChI is InChI=1S/C20H14F3N5O5/c21-20(22,23)16-13(9-32-27-16)14-6-25-18-17(24-3-4-28(14)18)26-10-1-2-12(15(29)5-10)19(30)33-11-7-31-8-11/h1-6,9,11,29H,7-8H2,(H,24,26). The number of esters is 1. The number of alkyl halides is 3. The van der Waals surface area contributed by atoms with Gasteiger partial charge in [0.2, 0.25) is 0 Å². The smallest absolute Gasteiger partial charge is 0.437 e. The average Bonchev–Trinajstić information content (AvgIpc) is 3.38. The summed E-state index contributed by atoms with van der Waals surface area (Å²) in [5.74, 6) is -0.796. The van der Waals surface area contributed by atoms with Crippen LogP contribution in [0.4, 0.5) is 24.7 Å². The maximum Gasteiger partial charge on any atom is 0.437 e. The molecule has 33 heavy (non-hydrogen) atoms. The van der Waals surface area contributed by atoms with E-state index >= 15 is 0 Å². The Labute approximate surface area is 182 Å². The lowest BCUT2D eigenvalue weighted by atomic mass is 10.1. The van der Waals surface area contributed by atoms with Crippen LogP contribution in [0.3, 0.4) is 0 Å². The van der Waals surface area contributed by atoms with Crippen molar-refractivity contribution in [1.29, 1.82) is 0 Å². The molecule has 5 rings (SSSR count). The van der Waals surface area contributed by atoms with Gasteiger partial charge in [0.05, 0.1) is 30.7 Å². The number of phenolic OH excluding ortho intramolecular Hbond substituents is 1. The van der Waals surface area contributed by atoms with E-state index in [4.69, 9.17) is 9.47 Å². The zero-order valence-corrected chi connectivity index (χ0v) is 16.5. The summed E-state index contributed by atoms with van der Waals surface area (Å²) in [4.78, 5) is 20.5. The Kier molecular flexibility index (Phi) is 4.89. The van der Waals surface area contributed by atoms with Gasteiger partial charge in [-0.25, -0.2) is 14.8 Å². The highest BCUT2D eigenvalue weighted by atomic mass is 19.4. The minimum atomic E-state index is -4.70. The fraction of sp³-hybridized carbons (Fsp3) is 0.200. The minimum absolute atomic E-state index is 0.0196. The Morgan fingerprint density at radius 3 is 2.79 bits per heavy atom. The van der Waals surface area contributed by atoms with Gasteiger partial charge in [-0.05, 0) is 12.1 Å². The second-order valence-electron chi connectivity index (χ2n) is 7.11. The normalized spacial score (nSPS) is 14.3. The van der Waals surface area contributed by atoms with Crippen molar-refractivity contribution in [3.05, 3.63) is 54.3 Å². The van der Waals surface area contributed by atoms with E-state index in [0.29, 0.717) is 18.9 Å². The summed E-state index contributed by atoms with van der Waals surface area (Å²) in [6.45, 7) is 0.626. The number of anilines is 2. The van der Waals surface area contributed by atoms with E-state index in [0.717, 1.165) is 6.26 Å². The average molecular weight is 461 g/mol. The molecule has 4 heterocycles. The van der Waals surface area contributed by atoms with Gasteiger partial charge in [-0.15, -0.1) is 0 Å². The van der Waals surface area contributed by atoms with E-state index in [9.17, 15) is 23.1 Å². The van der Waals surface area contributed by atoms with Crippen LogP contribution >= 0.6 is 0 Å². The lowest BCUT2D eigenvalue weighted by Crippen LogP contribution is -2.37. The molecule has 1 fully saturated rings. The van der Waals surface area contributed by atoms with Crippen LogP contribution in [0, 0.1) is 0 Å². The fourth-order valence-electron chi connectivity index (χ4n) is 3.25. The molecule has 1 aliphatic heterocycles. The minimum Gasteiger partial charge on any atom is -0.507 e. The summed E-state index contributed by atoms with van der Waals surface area (Å²) in [6, 6.07) is 4.19. The molecular weight excluding hydrogens is 447 g/mol. The van der Waals surface area contributed by atoms with Crippen LogP contribution in [0.2, 0.25) is 0 Å². The molecule has 0 aliphatic carbocycles. The Morgan fingerprint density at radius 1 is 1.27 bits per heavy atom. The topological polar surface area (TPSA) is 124 Å². The molecule has 13 heteroatoms. The molecule has 0 saturated carbocycles. The summed E-state index contributed by atoms with van der Waals surface area (Å²) < 4.78 is 55.7.